The maximum Gasteiger partial charge on any atom is 0.338 e. The molecular formula is C18H17ClO6S. The van der Waals surface area contributed by atoms with Gasteiger partial charge in [0.25, 0.3) is 0 Å². The lowest BCUT2D eigenvalue weighted by Gasteiger charge is -2.08. The molecule has 0 atom stereocenters. The summed E-state index contributed by atoms with van der Waals surface area (Å²) in [5.41, 5.74) is 0.364. The van der Waals surface area contributed by atoms with Gasteiger partial charge in [0.1, 0.15) is 5.75 Å². The van der Waals surface area contributed by atoms with Crippen molar-refractivity contribution in [1.29, 1.82) is 0 Å². The molecule has 0 saturated heterocycles. The third-order valence-corrected chi connectivity index (χ3v) is 4.97. The molecule has 0 radical (unpaired) electrons. The Hall–Kier alpha value is -2.38. The summed E-state index contributed by atoms with van der Waals surface area (Å²) in [6.45, 7) is 1.90. The average Bonchev–Trinajstić information content (AvgIpc) is 2.59. The molecule has 0 aliphatic heterocycles. The number of ketones is 1. The Kier molecular flexibility index (Phi) is 6.39. The van der Waals surface area contributed by atoms with Crippen LogP contribution in [0.5, 0.6) is 5.75 Å². The Labute approximate surface area is 156 Å². The van der Waals surface area contributed by atoms with Gasteiger partial charge in [-0.2, -0.15) is 0 Å². The molecule has 8 heteroatoms. The first-order chi connectivity index (χ1) is 12.2. The number of hydrogen-bond acceptors (Lipinski definition) is 6. The van der Waals surface area contributed by atoms with E-state index in [4.69, 9.17) is 21.1 Å². The molecule has 0 saturated carbocycles. The number of halogens is 1. The second kappa shape index (κ2) is 8.33. The van der Waals surface area contributed by atoms with Gasteiger partial charge in [0.05, 0.1) is 22.1 Å². The highest BCUT2D eigenvalue weighted by Crippen LogP contribution is 2.23. The third-order valence-electron chi connectivity index (χ3n) is 3.39. The first kappa shape index (κ1) is 19.9. The molecule has 2 aromatic carbocycles. The van der Waals surface area contributed by atoms with Gasteiger partial charge in [-0.15, -0.1) is 0 Å². The van der Waals surface area contributed by atoms with Crippen LogP contribution < -0.4 is 4.74 Å². The van der Waals surface area contributed by atoms with Gasteiger partial charge in [-0.25, -0.2) is 13.2 Å². The van der Waals surface area contributed by atoms with E-state index < -0.39 is 28.2 Å². The second-order valence-electron chi connectivity index (χ2n) is 5.37. The van der Waals surface area contributed by atoms with Crippen LogP contribution in [0.2, 0.25) is 5.02 Å². The number of benzene rings is 2. The highest BCUT2D eigenvalue weighted by Gasteiger charge is 2.17. The zero-order chi connectivity index (χ0) is 19.3. The fourth-order valence-electron chi connectivity index (χ4n) is 2.12. The molecule has 0 amide bonds. The van der Waals surface area contributed by atoms with E-state index in [0.29, 0.717) is 17.9 Å². The van der Waals surface area contributed by atoms with Crippen LogP contribution >= 0.6 is 11.6 Å². The maximum absolute atomic E-state index is 12.1. The zero-order valence-corrected chi connectivity index (χ0v) is 15.8. The molecule has 26 heavy (non-hydrogen) atoms. The molecule has 138 valence electrons. The van der Waals surface area contributed by atoms with Gasteiger partial charge in [-0.3, -0.25) is 4.79 Å². The number of carbonyl (C=O) groups excluding carboxylic acids is 2. The van der Waals surface area contributed by atoms with Gasteiger partial charge in [0, 0.05) is 11.8 Å². The molecule has 2 rings (SSSR count). The molecule has 0 aromatic heterocycles. The molecule has 0 aliphatic rings. The number of sulfone groups is 1. The summed E-state index contributed by atoms with van der Waals surface area (Å²) in [7, 11) is -3.59. The molecule has 0 N–H and O–H groups in total. The fraction of sp³-hybridized carbons (Fsp3) is 0.222. The molecule has 0 spiro atoms. The largest absolute Gasteiger partial charge is 0.494 e. The molecular weight excluding hydrogens is 380 g/mol. The van der Waals surface area contributed by atoms with Crippen molar-refractivity contribution in [1.82, 2.24) is 0 Å². The smallest absolute Gasteiger partial charge is 0.338 e. The van der Waals surface area contributed by atoms with Crippen LogP contribution in [0.15, 0.2) is 47.4 Å². The predicted molar refractivity (Wildman–Crippen MR) is 96.8 cm³/mol. The van der Waals surface area contributed by atoms with Crippen LogP contribution in [0.25, 0.3) is 0 Å². The van der Waals surface area contributed by atoms with Crippen molar-refractivity contribution >= 4 is 33.2 Å². The summed E-state index contributed by atoms with van der Waals surface area (Å²) in [6.07, 6.45) is 0.985. The van der Waals surface area contributed by atoms with Crippen molar-refractivity contribution in [2.24, 2.45) is 0 Å². The van der Waals surface area contributed by atoms with Crippen LogP contribution in [0.4, 0.5) is 0 Å². The molecule has 0 unspecified atom stereocenters. The van der Waals surface area contributed by atoms with Crippen LogP contribution in [0.1, 0.15) is 27.6 Å². The van der Waals surface area contributed by atoms with E-state index in [0.717, 1.165) is 12.3 Å². The lowest BCUT2D eigenvalue weighted by Crippen LogP contribution is -2.14. The average molecular weight is 397 g/mol. The lowest BCUT2D eigenvalue weighted by atomic mass is 10.1. The number of hydrogen-bond donors (Lipinski definition) is 0. The van der Waals surface area contributed by atoms with Crippen molar-refractivity contribution < 1.29 is 27.5 Å². The number of ether oxygens (including phenoxy) is 2. The highest BCUT2D eigenvalue weighted by molar-refractivity contribution is 7.90. The number of rotatable bonds is 7. The molecule has 0 heterocycles. The minimum absolute atomic E-state index is 0.00526. The Balaban J connectivity index is 2.05. The summed E-state index contributed by atoms with van der Waals surface area (Å²) in [5.74, 6) is -0.569. The molecule has 0 fully saturated rings. The zero-order valence-electron chi connectivity index (χ0n) is 14.2. The van der Waals surface area contributed by atoms with Crippen LogP contribution in [0.3, 0.4) is 0 Å². The van der Waals surface area contributed by atoms with Crippen molar-refractivity contribution in [2.75, 3.05) is 19.5 Å². The van der Waals surface area contributed by atoms with E-state index in [1.165, 1.54) is 12.1 Å². The number of carbonyl (C=O) groups is 2. The third kappa shape index (κ3) is 5.06. The van der Waals surface area contributed by atoms with Gasteiger partial charge < -0.3 is 9.47 Å². The number of esters is 1. The van der Waals surface area contributed by atoms with Crippen LogP contribution in [0, 0.1) is 0 Å². The van der Waals surface area contributed by atoms with Gasteiger partial charge in [-0.05, 0) is 49.4 Å². The van der Waals surface area contributed by atoms with Gasteiger partial charge in [-0.1, -0.05) is 11.6 Å². The minimum Gasteiger partial charge on any atom is -0.494 e. The van der Waals surface area contributed by atoms with Crippen molar-refractivity contribution in [3.8, 4) is 5.75 Å². The van der Waals surface area contributed by atoms with Gasteiger partial charge in [0.15, 0.2) is 22.2 Å². The Morgan fingerprint density at radius 1 is 1.04 bits per heavy atom. The summed E-state index contributed by atoms with van der Waals surface area (Å²) >= 11 is 5.83. The highest BCUT2D eigenvalue weighted by atomic mass is 35.5. The minimum atomic E-state index is -3.59. The first-order valence-electron chi connectivity index (χ1n) is 7.65. The van der Waals surface area contributed by atoms with Gasteiger partial charge in [0.2, 0.25) is 0 Å². The standard InChI is InChI=1S/C18H17ClO6S/c1-3-24-14-7-4-12(5-8-14)16(20)11-25-18(21)13-6-9-15(19)17(10-13)26(2,22)23/h4-10H,3,11H2,1-2H3. The van der Waals surface area contributed by atoms with E-state index in [-0.39, 0.29) is 15.5 Å². The van der Waals surface area contributed by atoms with Gasteiger partial charge >= 0.3 is 5.97 Å². The van der Waals surface area contributed by atoms with Crippen molar-refractivity contribution in [2.45, 2.75) is 11.8 Å². The summed E-state index contributed by atoms with van der Waals surface area (Å²) < 4.78 is 33.6. The number of Topliss-reactive ketones (excluding diaryl/α,β-unsaturated/α-hetero) is 1. The lowest BCUT2D eigenvalue weighted by molar-refractivity contribution is 0.0474. The summed E-state index contributed by atoms with van der Waals surface area (Å²) in [4.78, 5) is 24.0. The fourth-order valence-corrected chi connectivity index (χ4v) is 3.42. The van der Waals surface area contributed by atoms with E-state index >= 15 is 0 Å². The van der Waals surface area contributed by atoms with Crippen LogP contribution in [-0.4, -0.2) is 39.6 Å². The Morgan fingerprint density at radius 2 is 1.65 bits per heavy atom. The normalized spacial score (nSPS) is 11.0. The van der Waals surface area contributed by atoms with E-state index in [1.54, 1.807) is 24.3 Å². The van der Waals surface area contributed by atoms with Crippen molar-refractivity contribution in [3.05, 3.63) is 58.6 Å². The van der Waals surface area contributed by atoms with Crippen molar-refractivity contribution in [3.63, 3.8) is 0 Å². The Morgan fingerprint density at radius 3 is 2.23 bits per heavy atom. The van der Waals surface area contributed by atoms with Crippen LogP contribution in [-0.2, 0) is 14.6 Å². The molecule has 6 nitrogen and oxygen atoms in total. The summed E-state index contributed by atoms with van der Waals surface area (Å²) in [6, 6.07) is 10.2. The second-order valence-corrected chi connectivity index (χ2v) is 7.77. The van der Waals surface area contributed by atoms with E-state index in [1.807, 2.05) is 6.92 Å². The predicted octanol–water partition coefficient (Wildman–Crippen LogP) is 3.18. The maximum atomic E-state index is 12.1. The van der Waals surface area contributed by atoms with E-state index in [9.17, 15) is 18.0 Å². The Bertz CT molecular complexity index is 919. The quantitative estimate of drug-likeness (QED) is 0.527. The molecule has 0 bridgehead atoms. The summed E-state index contributed by atoms with van der Waals surface area (Å²) in [5, 5.41) is 0.00881. The SMILES string of the molecule is CCOc1ccc(C(=O)COC(=O)c2ccc(Cl)c(S(C)(=O)=O)c2)cc1. The molecule has 2 aromatic rings. The van der Waals surface area contributed by atoms with E-state index in [2.05, 4.69) is 0 Å². The monoisotopic (exact) mass is 396 g/mol. The first-order valence-corrected chi connectivity index (χ1v) is 9.92. The molecule has 0 aliphatic carbocycles. The topological polar surface area (TPSA) is 86.7 Å².